The third-order valence-corrected chi connectivity index (χ3v) is 4.20. The summed E-state index contributed by atoms with van der Waals surface area (Å²) in [6.07, 6.45) is -0.0588. The molecule has 2 aromatic rings. The molecule has 0 aromatic heterocycles. The third-order valence-electron chi connectivity index (χ3n) is 2.93. The summed E-state index contributed by atoms with van der Waals surface area (Å²) < 4.78 is 36.7. The lowest BCUT2D eigenvalue weighted by atomic mass is 10.1. The van der Waals surface area contributed by atoms with Gasteiger partial charge in [-0.1, -0.05) is 29.8 Å². The first-order chi connectivity index (χ1) is 10.4. The number of benzene rings is 2. The Bertz CT molecular complexity index is 756. The first-order valence-electron chi connectivity index (χ1n) is 6.48. The summed E-state index contributed by atoms with van der Waals surface area (Å²) in [5, 5.41) is 0. The van der Waals surface area contributed by atoms with Crippen LogP contribution in [0.5, 0.6) is 0 Å². The SMILES string of the molecule is Cc1ccc(S(=O)(=O)NNC(=O)Cc2ccc(F)cc2)cc1. The van der Waals surface area contributed by atoms with Crippen molar-refractivity contribution in [3.05, 3.63) is 65.5 Å². The monoisotopic (exact) mass is 322 g/mol. The summed E-state index contributed by atoms with van der Waals surface area (Å²) in [7, 11) is -3.81. The van der Waals surface area contributed by atoms with Crippen LogP contribution in [0.3, 0.4) is 0 Å². The molecule has 0 saturated carbocycles. The van der Waals surface area contributed by atoms with Crippen molar-refractivity contribution in [3.8, 4) is 0 Å². The molecule has 0 unspecified atom stereocenters. The van der Waals surface area contributed by atoms with Crippen LogP contribution in [0.25, 0.3) is 0 Å². The van der Waals surface area contributed by atoms with Crippen LogP contribution in [0.1, 0.15) is 11.1 Å². The van der Waals surface area contributed by atoms with Gasteiger partial charge in [0.15, 0.2) is 0 Å². The number of halogens is 1. The maximum Gasteiger partial charge on any atom is 0.257 e. The van der Waals surface area contributed by atoms with Gasteiger partial charge in [-0.2, -0.15) is 0 Å². The molecule has 1 amide bonds. The smallest absolute Gasteiger partial charge is 0.257 e. The van der Waals surface area contributed by atoms with Crippen LogP contribution >= 0.6 is 0 Å². The van der Waals surface area contributed by atoms with Gasteiger partial charge in [-0.3, -0.25) is 10.2 Å². The van der Waals surface area contributed by atoms with Crippen molar-refractivity contribution in [2.45, 2.75) is 18.2 Å². The molecule has 116 valence electrons. The number of hydrogen-bond donors (Lipinski definition) is 2. The number of rotatable bonds is 5. The maximum absolute atomic E-state index is 12.8. The molecule has 2 aromatic carbocycles. The van der Waals surface area contributed by atoms with Gasteiger partial charge in [0.25, 0.3) is 10.0 Å². The van der Waals surface area contributed by atoms with E-state index in [0.717, 1.165) is 5.56 Å². The molecule has 0 fully saturated rings. The molecule has 7 heteroatoms. The number of carbonyl (C=O) groups is 1. The Morgan fingerprint density at radius 3 is 2.23 bits per heavy atom. The molecule has 2 N–H and O–H groups in total. The van der Waals surface area contributed by atoms with E-state index in [1.165, 1.54) is 36.4 Å². The minimum Gasteiger partial charge on any atom is -0.277 e. The average molecular weight is 322 g/mol. The molecule has 0 aliphatic carbocycles. The Hall–Kier alpha value is -2.25. The number of nitrogens with one attached hydrogen (secondary N) is 2. The van der Waals surface area contributed by atoms with E-state index >= 15 is 0 Å². The summed E-state index contributed by atoms with van der Waals surface area (Å²) in [5.74, 6) is -0.938. The Morgan fingerprint density at radius 1 is 1.05 bits per heavy atom. The average Bonchev–Trinajstić information content (AvgIpc) is 2.48. The molecular weight excluding hydrogens is 307 g/mol. The van der Waals surface area contributed by atoms with E-state index in [1.54, 1.807) is 12.1 Å². The van der Waals surface area contributed by atoms with Crippen LogP contribution in [-0.4, -0.2) is 14.3 Å². The zero-order chi connectivity index (χ0) is 16.2. The Kier molecular flexibility index (Phi) is 4.89. The molecule has 0 radical (unpaired) electrons. The number of hydrazine groups is 1. The summed E-state index contributed by atoms with van der Waals surface area (Å²) in [5.41, 5.74) is 3.64. The number of aryl methyl sites for hydroxylation is 1. The Morgan fingerprint density at radius 2 is 1.64 bits per heavy atom. The lowest BCUT2D eigenvalue weighted by Gasteiger charge is -2.08. The van der Waals surface area contributed by atoms with Crippen LogP contribution < -0.4 is 10.3 Å². The highest BCUT2D eigenvalue weighted by Gasteiger charge is 2.14. The van der Waals surface area contributed by atoms with Crippen molar-refractivity contribution < 1.29 is 17.6 Å². The fraction of sp³-hybridized carbons (Fsp3) is 0.133. The summed E-state index contributed by atoms with van der Waals surface area (Å²) in [4.78, 5) is 13.8. The minimum atomic E-state index is -3.81. The van der Waals surface area contributed by atoms with Gasteiger partial charge in [0.2, 0.25) is 5.91 Å². The van der Waals surface area contributed by atoms with Gasteiger partial charge in [-0.05, 0) is 36.8 Å². The molecule has 0 aliphatic rings. The number of sulfonamides is 1. The molecular formula is C15H15FN2O3S. The van der Waals surface area contributed by atoms with Crippen LogP contribution in [-0.2, 0) is 21.2 Å². The Labute approximate surface area is 128 Å². The second-order valence-corrected chi connectivity index (χ2v) is 6.45. The van der Waals surface area contributed by atoms with Crippen molar-refractivity contribution in [3.63, 3.8) is 0 Å². The van der Waals surface area contributed by atoms with Crippen LogP contribution in [0.4, 0.5) is 4.39 Å². The third kappa shape index (κ3) is 4.37. The number of hydrogen-bond acceptors (Lipinski definition) is 3. The molecule has 0 atom stereocenters. The van der Waals surface area contributed by atoms with Crippen molar-refractivity contribution in [1.29, 1.82) is 0 Å². The normalized spacial score (nSPS) is 11.2. The lowest BCUT2D eigenvalue weighted by molar-refractivity contribution is -0.120. The number of carbonyl (C=O) groups excluding carboxylic acids is 1. The molecule has 0 spiro atoms. The predicted molar refractivity (Wildman–Crippen MR) is 79.7 cm³/mol. The van der Waals surface area contributed by atoms with Crippen molar-refractivity contribution >= 4 is 15.9 Å². The second-order valence-electron chi connectivity index (χ2n) is 4.77. The zero-order valence-electron chi connectivity index (χ0n) is 11.8. The fourth-order valence-corrected chi connectivity index (χ4v) is 2.59. The van der Waals surface area contributed by atoms with Gasteiger partial charge < -0.3 is 0 Å². The van der Waals surface area contributed by atoms with E-state index < -0.39 is 21.7 Å². The zero-order valence-corrected chi connectivity index (χ0v) is 12.7. The minimum absolute atomic E-state index is 0.0557. The maximum atomic E-state index is 12.8. The summed E-state index contributed by atoms with van der Waals surface area (Å²) >= 11 is 0. The van der Waals surface area contributed by atoms with E-state index in [2.05, 4.69) is 5.43 Å². The first kappa shape index (κ1) is 16.1. The quantitative estimate of drug-likeness (QED) is 0.823. The van der Waals surface area contributed by atoms with E-state index in [0.29, 0.717) is 5.56 Å². The standard InChI is InChI=1S/C15H15FN2O3S/c1-11-2-8-14(9-3-11)22(20,21)18-17-15(19)10-12-4-6-13(16)7-5-12/h2-9,18H,10H2,1H3,(H,17,19). The van der Waals surface area contributed by atoms with Gasteiger partial charge >= 0.3 is 0 Å². The molecule has 0 aliphatic heterocycles. The van der Waals surface area contributed by atoms with Crippen LogP contribution in [0.2, 0.25) is 0 Å². The highest BCUT2D eigenvalue weighted by atomic mass is 32.2. The highest BCUT2D eigenvalue weighted by Crippen LogP contribution is 2.09. The summed E-state index contributed by atoms with van der Waals surface area (Å²) in [6.45, 7) is 1.84. The summed E-state index contributed by atoms with van der Waals surface area (Å²) in [6, 6.07) is 11.6. The van der Waals surface area contributed by atoms with Gasteiger partial charge in [-0.25, -0.2) is 12.8 Å². The number of amides is 1. The topological polar surface area (TPSA) is 75.3 Å². The van der Waals surface area contributed by atoms with Gasteiger partial charge in [-0.15, -0.1) is 4.83 Å². The van der Waals surface area contributed by atoms with Gasteiger partial charge in [0.05, 0.1) is 11.3 Å². The molecule has 0 saturated heterocycles. The molecule has 2 rings (SSSR count). The van der Waals surface area contributed by atoms with Crippen molar-refractivity contribution in [2.75, 3.05) is 0 Å². The van der Waals surface area contributed by atoms with Crippen molar-refractivity contribution in [1.82, 2.24) is 10.3 Å². The largest absolute Gasteiger partial charge is 0.277 e. The lowest BCUT2D eigenvalue weighted by Crippen LogP contribution is -2.42. The molecule has 0 bridgehead atoms. The predicted octanol–water partition coefficient (Wildman–Crippen LogP) is 1.69. The van der Waals surface area contributed by atoms with E-state index in [4.69, 9.17) is 0 Å². The van der Waals surface area contributed by atoms with E-state index in [9.17, 15) is 17.6 Å². The first-order valence-corrected chi connectivity index (χ1v) is 7.97. The fourth-order valence-electron chi connectivity index (χ4n) is 1.73. The molecule has 22 heavy (non-hydrogen) atoms. The Balaban J connectivity index is 1.95. The van der Waals surface area contributed by atoms with Crippen LogP contribution in [0.15, 0.2) is 53.4 Å². The second kappa shape index (κ2) is 6.67. The molecule has 0 heterocycles. The van der Waals surface area contributed by atoms with E-state index in [-0.39, 0.29) is 11.3 Å². The van der Waals surface area contributed by atoms with Crippen molar-refractivity contribution in [2.24, 2.45) is 0 Å². The van der Waals surface area contributed by atoms with Gasteiger partial charge in [0.1, 0.15) is 5.82 Å². The van der Waals surface area contributed by atoms with Gasteiger partial charge in [0, 0.05) is 0 Å². The van der Waals surface area contributed by atoms with Crippen LogP contribution in [0, 0.1) is 12.7 Å². The van der Waals surface area contributed by atoms with E-state index in [1.807, 2.05) is 11.8 Å². The molecule has 5 nitrogen and oxygen atoms in total. The highest BCUT2D eigenvalue weighted by molar-refractivity contribution is 7.89.